The minimum atomic E-state index is -1.82. The van der Waals surface area contributed by atoms with Crippen molar-refractivity contribution in [3.05, 3.63) is 12.2 Å². The standard InChI is InChI=1S/C18H34O4Si/c1-13-14(12-21-23(5,6)18(2,3)4)16(11-15(13)19)22-17-9-7-8-10-20-17/h14-17,19H,1,7-12H2,2-6H3/t14-,15+,16?,17?/m0/s1. The van der Waals surface area contributed by atoms with Gasteiger partial charge in [0.25, 0.3) is 0 Å². The van der Waals surface area contributed by atoms with Crippen molar-refractivity contribution in [2.45, 2.75) is 83.1 Å². The quantitative estimate of drug-likeness (QED) is 0.609. The van der Waals surface area contributed by atoms with Gasteiger partial charge in [0.05, 0.1) is 12.2 Å². The summed E-state index contributed by atoms with van der Waals surface area (Å²) in [4.78, 5) is 0. The second-order valence-electron chi connectivity index (χ2n) is 8.47. The Morgan fingerprint density at radius 1 is 1.30 bits per heavy atom. The Morgan fingerprint density at radius 2 is 2.00 bits per heavy atom. The second-order valence-corrected chi connectivity index (χ2v) is 13.3. The molecule has 1 saturated heterocycles. The van der Waals surface area contributed by atoms with E-state index < -0.39 is 14.4 Å². The maximum atomic E-state index is 10.2. The molecule has 1 N–H and O–H groups in total. The van der Waals surface area contributed by atoms with E-state index in [0.29, 0.717) is 13.0 Å². The molecule has 1 heterocycles. The fourth-order valence-corrected chi connectivity index (χ4v) is 3.94. The first kappa shape index (κ1) is 19.1. The minimum Gasteiger partial charge on any atom is -0.416 e. The zero-order chi connectivity index (χ0) is 17.3. The zero-order valence-electron chi connectivity index (χ0n) is 15.4. The van der Waals surface area contributed by atoms with Crippen LogP contribution in [0, 0.1) is 5.92 Å². The van der Waals surface area contributed by atoms with E-state index in [-0.39, 0.29) is 23.4 Å². The Labute approximate surface area is 142 Å². The highest BCUT2D eigenvalue weighted by Gasteiger charge is 2.43. The van der Waals surface area contributed by atoms with Crippen LogP contribution in [0.15, 0.2) is 12.2 Å². The molecular weight excluding hydrogens is 308 g/mol. The Bertz CT molecular complexity index is 410. The summed E-state index contributed by atoms with van der Waals surface area (Å²) in [5, 5.41) is 10.4. The van der Waals surface area contributed by atoms with Crippen molar-refractivity contribution in [1.29, 1.82) is 0 Å². The summed E-state index contributed by atoms with van der Waals surface area (Å²) in [6.07, 6.45) is 3.12. The van der Waals surface area contributed by atoms with Gasteiger partial charge in [0.15, 0.2) is 14.6 Å². The molecule has 0 radical (unpaired) electrons. The molecule has 4 atom stereocenters. The lowest BCUT2D eigenvalue weighted by Crippen LogP contribution is -2.43. The number of hydrogen-bond acceptors (Lipinski definition) is 4. The lowest BCUT2D eigenvalue weighted by atomic mass is 10.0. The molecule has 2 aliphatic rings. The summed E-state index contributed by atoms with van der Waals surface area (Å²) in [7, 11) is -1.82. The van der Waals surface area contributed by atoms with Gasteiger partial charge in [-0.3, -0.25) is 0 Å². The predicted molar refractivity (Wildman–Crippen MR) is 94.9 cm³/mol. The lowest BCUT2D eigenvalue weighted by molar-refractivity contribution is -0.195. The molecule has 0 aromatic heterocycles. The first-order chi connectivity index (χ1) is 10.6. The third-order valence-electron chi connectivity index (χ3n) is 5.70. The first-order valence-corrected chi connectivity index (χ1v) is 11.8. The normalized spacial score (nSPS) is 33.2. The van der Waals surface area contributed by atoms with Crippen molar-refractivity contribution in [3.63, 3.8) is 0 Å². The van der Waals surface area contributed by atoms with Crippen LogP contribution < -0.4 is 0 Å². The summed E-state index contributed by atoms with van der Waals surface area (Å²) in [5.74, 6) is 0.0599. The minimum absolute atomic E-state index is 0.0506. The second kappa shape index (κ2) is 7.36. The largest absolute Gasteiger partial charge is 0.416 e. The monoisotopic (exact) mass is 342 g/mol. The van der Waals surface area contributed by atoms with Gasteiger partial charge in [-0.2, -0.15) is 0 Å². The van der Waals surface area contributed by atoms with Crippen molar-refractivity contribution in [1.82, 2.24) is 0 Å². The van der Waals surface area contributed by atoms with Crippen molar-refractivity contribution < 1.29 is 19.0 Å². The molecule has 2 fully saturated rings. The Kier molecular flexibility index (Phi) is 6.12. The highest BCUT2D eigenvalue weighted by atomic mass is 28.4. The maximum Gasteiger partial charge on any atom is 0.192 e. The summed E-state index contributed by atoms with van der Waals surface area (Å²) in [6.45, 7) is 16.7. The van der Waals surface area contributed by atoms with Gasteiger partial charge < -0.3 is 19.0 Å². The van der Waals surface area contributed by atoms with E-state index in [1.54, 1.807) is 0 Å². The molecular formula is C18H34O4Si. The van der Waals surface area contributed by atoms with Crippen LogP contribution in [0.1, 0.15) is 46.5 Å². The zero-order valence-corrected chi connectivity index (χ0v) is 16.4. The van der Waals surface area contributed by atoms with E-state index in [4.69, 9.17) is 13.9 Å². The molecule has 2 rings (SSSR count). The van der Waals surface area contributed by atoms with E-state index in [1.807, 2.05) is 0 Å². The third kappa shape index (κ3) is 4.66. The van der Waals surface area contributed by atoms with Crippen LogP contribution in [0.4, 0.5) is 0 Å². The summed E-state index contributed by atoms with van der Waals surface area (Å²) >= 11 is 0. The van der Waals surface area contributed by atoms with Crippen LogP contribution in [0.2, 0.25) is 18.1 Å². The molecule has 23 heavy (non-hydrogen) atoms. The molecule has 0 aromatic rings. The van der Waals surface area contributed by atoms with Gasteiger partial charge in [-0.05, 0) is 43.0 Å². The maximum absolute atomic E-state index is 10.2. The van der Waals surface area contributed by atoms with Crippen molar-refractivity contribution >= 4 is 8.32 Å². The van der Waals surface area contributed by atoms with E-state index in [0.717, 1.165) is 31.4 Å². The molecule has 0 spiro atoms. The topological polar surface area (TPSA) is 47.9 Å². The Hall–Kier alpha value is -0.203. The van der Waals surface area contributed by atoms with Gasteiger partial charge in [0, 0.05) is 25.6 Å². The van der Waals surface area contributed by atoms with Gasteiger partial charge in [-0.25, -0.2) is 0 Å². The highest BCUT2D eigenvalue weighted by molar-refractivity contribution is 6.74. The fraction of sp³-hybridized carbons (Fsp3) is 0.889. The average molecular weight is 343 g/mol. The molecule has 1 saturated carbocycles. The number of hydrogen-bond donors (Lipinski definition) is 1. The molecule has 2 unspecified atom stereocenters. The number of rotatable bonds is 5. The van der Waals surface area contributed by atoms with Gasteiger partial charge in [0.2, 0.25) is 0 Å². The van der Waals surface area contributed by atoms with Gasteiger partial charge >= 0.3 is 0 Å². The van der Waals surface area contributed by atoms with E-state index in [2.05, 4.69) is 40.4 Å². The summed E-state index contributed by atoms with van der Waals surface area (Å²) in [5.41, 5.74) is 0.851. The average Bonchev–Trinajstić information content (AvgIpc) is 2.71. The summed E-state index contributed by atoms with van der Waals surface area (Å²) in [6, 6.07) is 0. The van der Waals surface area contributed by atoms with E-state index in [1.165, 1.54) is 0 Å². The van der Waals surface area contributed by atoms with Crippen LogP contribution >= 0.6 is 0 Å². The van der Waals surface area contributed by atoms with Crippen LogP contribution in [0.25, 0.3) is 0 Å². The molecule has 134 valence electrons. The summed E-state index contributed by atoms with van der Waals surface area (Å²) < 4.78 is 18.2. The molecule has 0 bridgehead atoms. The van der Waals surface area contributed by atoms with Crippen LogP contribution in [0.3, 0.4) is 0 Å². The predicted octanol–water partition coefficient (Wildman–Crippen LogP) is 3.86. The molecule has 1 aliphatic carbocycles. The number of ether oxygens (including phenoxy) is 2. The van der Waals surface area contributed by atoms with Gasteiger partial charge in [-0.15, -0.1) is 0 Å². The Morgan fingerprint density at radius 3 is 2.57 bits per heavy atom. The van der Waals surface area contributed by atoms with Crippen molar-refractivity contribution in [2.75, 3.05) is 13.2 Å². The molecule has 4 nitrogen and oxygen atoms in total. The third-order valence-corrected chi connectivity index (χ3v) is 10.2. The van der Waals surface area contributed by atoms with Gasteiger partial charge in [-0.1, -0.05) is 27.4 Å². The first-order valence-electron chi connectivity index (χ1n) is 8.89. The van der Waals surface area contributed by atoms with Crippen molar-refractivity contribution in [2.24, 2.45) is 5.92 Å². The molecule has 1 aliphatic heterocycles. The van der Waals surface area contributed by atoms with Crippen LogP contribution in [0.5, 0.6) is 0 Å². The van der Waals surface area contributed by atoms with Crippen LogP contribution in [-0.2, 0) is 13.9 Å². The molecule has 0 amide bonds. The lowest BCUT2D eigenvalue weighted by Gasteiger charge is -2.38. The highest BCUT2D eigenvalue weighted by Crippen LogP contribution is 2.40. The van der Waals surface area contributed by atoms with Crippen LogP contribution in [-0.4, -0.2) is 45.1 Å². The number of aliphatic hydroxyl groups excluding tert-OH is 1. The number of aliphatic hydroxyl groups is 1. The fourth-order valence-electron chi connectivity index (χ4n) is 2.91. The van der Waals surface area contributed by atoms with Gasteiger partial charge in [0.1, 0.15) is 0 Å². The van der Waals surface area contributed by atoms with E-state index >= 15 is 0 Å². The van der Waals surface area contributed by atoms with E-state index in [9.17, 15) is 5.11 Å². The molecule has 5 heteroatoms. The van der Waals surface area contributed by atoms with Crippen molar-refractivity contribution in [3.8, 4) is 0 Å². The molecule has 0 aromatic carbocycles. The SMILES string of the molecule is C=C1[C@H](O)CC(OC2CCCCO2)[C@H]1CO[Si](C)(C)C(C)(C)C. The Balaban J connectivity index is 1.97. The smallest absolute Gasteiger partial charge is 0.192 e.